The summed E-state index contributed by atoms with van der Waals surface area (Å²) in [5, 5.41) is 8.85. The summed E-state index contributed by atoms with van der Waals surface area (Å²) < 4.78 is 51.8. The quantitative estimate of drug-likeness (QED) is 0.653. The van der Waals surface area contributed by atoms with Crippen LogP contribution in [0.1, 0.15) is 18.4 Å². The van der Waals surface area contributed by atoms with Gasteiger partial charge in [-0.3, -0.25) is 4.79 Å². The van der Waals surface area contributed by atoms with E-state index in [9.17, 15) is 21.6 Å². The van der Waals surface area contributed by atoms with Gasteiger partial charge >= 0.3 is 0 Å². The van der Waals surface area contributed by atoms with Gasteiger partial charge in [-0.1, -0.05) is 0 Å². The zero-order valence-corrected chi connectivity index (χ0v) is 17.8. The van der Waals surface area contributed by atoms with Crippen molar-refractivity contribution in [3.63, 3.8) is 0 Å². The average Bonchev–Trinajstić information content (AvgIpc) is 2.73. The van der Waals surface area contributed by atoms with Crippen LogP contribution in [0.25, 0.3) is 0 Å². The maximum absolute atomic E-state index is 12.8. The topological polar surface area (TPSA) is 119 Å². The van der Waals surface area contributed by atoms with Crippen LogP contribution in [-0.2, 0) is 24.8 Å². The largest absolute Gasteiger partial charge is 0.340 e. The summed E-state index contributed by atoms with van der Waals surface area (Å²) in [6.45, 7) is 1.50. The molecule has 2 fully saturated rings. The van der Waals surface area contributed by atoms with Crippen LogP contribution < -0.4 is 0 Å². The first-order valence-corrected chi connectivity index (χ1v) is 12.7. The molecule has 2 saturated heterocycles. The van der Waals surface area contributed by atoms with Gasteiger partial charge in [0.05, 0.1) is 28.7 Å². The van der Waals surface area contributed by atoms with Crippen LogP contribution in [0.15, 0.2) is 29.2 Å². The summed E-state index contributed by atoms with van der Waals surface area (Å²) in [6, 6.07) is 7.70. The molecule has 1 unspecified atom stereocenters. The van der Waals surface area contributed by atoms with Crippen LogP contribution in [0.2, 0.25) is 0 Å². The Balaban J connectivity index is 1.62. The molecule has 2 heterocycles. The number of nitrogens with zero attached hydrogens (tertiary/aromatic N) is 4. The summed E-state index contributed by atoms with van der Waals surface area (Å²) in [4.78, 5) is 14.6. The molecule has 1 aromatic carbocycles. The number of hydrogen-bond donors (Lipinski definition) is 0. The highest BCUT2D eigenvalue weighted by molar-refractivity contribution is 7.89. The molecule has 1 aromatic rings. The Morgan fingerprint density at radius 2 is 1.62 bits per heavy atom. The van der Waals surface area contributed by atoms with Crippen LogP contribution in [0.5, 0.6) is 0 Å². The number of hydrogen-bond acceptors (Lipinski definition) is 6. The first kappa shape index (κ1) is 21.7. The maximum atomic E-state index is 12.8. The van der Waals surface area contributed by atoms with E-state index in [0.717, 1.165) is 6.26 Å². The first-order chi connectivity index (χ1) is 13.6. The van der Waals surface area contributed by atoms with Crippen LogP contribution in [0, 0.1) is 17.2 Å². The van der Waals surface area contributed by atoms with E-state index in [1.54, 1.807) is 4.90 Å². The molecule has 0 N–H and O–H groups in total. The molecular weight excluding hydrogens is 416 g/mol. The van der Waals surface area contributed by atoms with Crippen molar-refractivity contribution < 1.29 is 21.6 Å². The molecule has 2 aliphatic heterocycles. The van der Waals surface area contributed by atoms with Gasteiger partial charge in [-0.2, -0.15) is 9.57 Å². The van der Waals surface area contributed by atoms with E-state index >= 15 is 0 Å². The van der Waals surface area contributed by atoms with Crippen molar-refractivity contribution in [2.24, 2.45) is 5.92 Å². The second-order valence-electron chi connectivity index (χ2n) is 7.33. The molecule has 0 saturated carbocycles. The minimum Gasteiger partial charge on any atom is -0.340 e. The van der Waals surface area contributed by atoms with Crippen molar-refractivity contribution in [3.8, 4) is 6.07 Å². The number of sulfonamides is 2. The van der Waals surface area contributed by atoms with Crippen LogP contribution in [-0.4, -0.2) is 81.8 Å². The Labute approximate surface area is 171 Å². The standard InChI is InChI=1S/C18H24N4O5S2/c1-28(24,25)22-8-2-3-16(14-22)18(23)20-9-11-21(12-10-20)29(26,27)17-6-4-15(13-19)5-7-17/h4-7,16H,2-3,8-12,14H2,1H3. The number of carbonyl (C=O) groups excluding carboxylic acids is 1. The van der Waals surface area contributed by atoms with E-state index in [-0.39, 0.29) is 49.4 Å². The van der Waals surface area contributed by atoms with Gasteiger partial charge in [-0.25, -0.2) is 21.1 Å². The van der Waals surface area contributed by atoms with Crippen molar-refractivity contribution >= 4 is 26.0 Å². The third-order valence-electron chi connectivity index (χ3n) is 5.37. The summed E-state index contributed by atoms with van der Waals surface area (Å²) >= 11 is 0. The summed E-state index contributed by atoms with van der Waals surface area (Å²) in [5.41, 5.74) is 0.384. The molecule has 9 nitrogen and oxygen atoms in total. The molecule has 11 heteroatoms. The summed E-state index contributed by atoms with van der Waals surface area (Å²) in [5.74, 6) is -0.506. The Kier molecular flexibility index (Phi) is 6.28. The van der Waals surface area contributed by atoms with Crippen molar-refractivity contribution in [1.82, 2.24) is 13.5 Å². The normalized spacial score (nSPS) is 22.2. The van der Waals surface area contributed by atoms with E-state index in [1.165, 1.54) is 32.9 Å². The van der Waals surface area contributed by atoms with Crippen LogP contribution in [0.4, 0.5) is 0 Å². The van der Waals surface area contributed by atoms with Gasteiger partial charge in [0, 0.05) is 39.3 Å². The average molecular weight is 441 g/mol. The zero-order valence-electron chi connectivity index (χ0n) is 16.2. The summed E-state index contributed by atoms with van der Waals surface area (Å²) in [6.07, 6.45) is 2.41. The smallest absolute Gasteiger partial charge is 0.243 e. The van der Waals surface area contributed by atoms with Gasteiger partial charge < -0.3 is 4.90 Å². The van der Waals surface area contributed by atoms with Gasteiger partial charge in [-0.15, -0.1) is 0 Å². The fourth-order valence-electron chi connectivity index (χ4n) is 3.70. The van der Waals surface area contributed by atoms with E-state index in [1.807, 2.05) is 6.07 Å². The summed E-state index contributed by atoms with van der Waals surface area (Å²) in [7, 11) is -7.02. The molecule has 1 amide bonds. The van der Waals surface area contributed by atoms with Crippen molar-refractivity contribution in [1.29, 1.82) is 5.26 Å². The Morgan fingerprint density at radius 3 is 2.17 bits per heavy atom. The predicted octanol–water partition coefficient (Wildman–Crippen LogP) is 0.0628. The molecule has 158 valence electrons. The molecule has 0 aromatic heterocycles. The lowest BCUT2D eigenvalue weighted by molar-refractivity contribution is -0.137. The molecular formula is C18H24N4O5S2. The van der Waals surface area contributed by atoms with Crippen molar-refractivity contribution in [3.05, 3.63) is 29.8 Å². The van der Waals surface area contributed by atoms with Gasteiger partial charge in [0.25, 0.3) is 0 Å². The predicted molar refractivity (Wildman–Crippen MR) is 106 cm³/mol. The fourth-order valence-corrected chi connectivity index (χ4v) is 6.04. The van der Waals surface area contributed by atoms with E-state index in [2.05, 4.69) is 0 Å². The highest BCUT2D eigenvalue weighted by atomic mass is 32.2. The number of rotatable bonds is 4. The first-order valence-electron chi connectivity index (χ1n) is 9.37. The maximum Gasteiger partial charge on any atom is 0.243 e. The van der Waals surface area contributed by atoms with E-state index in [0.29, 0.717) is 24.9 Å². The minimum absolute atomic E-state index is 0.117. The molecule has 29 heavy (non-hydrogen) atoms. The second kappa shape index (κ2) is 8.39. The minimum atomic E-state index is -3.69. The molecule has 0 bridgehead atoms. The zero-order chi connectivity index (χ0) is 21.2. The molecule has 1 atom stereocenters. The molecule has 2 aliphatic rings. The van der Waals surface area contributed by atoms with Crippen molar-refractivity contribution in [2.45, 2.75) is 17.7 Å². The van der Waals surface area contributed by atoms with Gasteiger partial charge in [-0.05, 0) is 37.1 Å². The Hall–Kier alpha value is -2.00. The van der Waals surface area contributed by atoms with E-state index < -0.39 is 20.0 Å². The number of amides is 1. The Morgan fingerprint density at radius 1 is 1.00 bits per heavy atom. The second-order valence-corrected chi connectivity index (χ2v) is 11.2. The molecule has 0 aliphatic carbocycles. The third kappa shape index (κ3) is 4.78. The number of piperazine rings is 1. The monoisotopic (exact) mass is 440 g/mol. The van der Waals surface area contributed by atoms with Gasteiger partial charge in [0.2, 0.25) is 26.0 Å². The number of carbonyl (C=O) groups is 1. The third-order valence-corrected chi connectivity index (χ3v) is 8.56. The SMILES string of the molecule is CS(=O)(=O)N1CCCC(C(=O)N2CCN(S(=O)(=O)c3ccc(C#N)cc3)CC2)C1. The Bertz CT molecular complexity index is 1010. The fraction of sp³-hybridized carbons (Fsp3) is 0.556. The van der Waals surface area contributed by atoms with Crippen LogP contribution in [0.3, 0.4) is 0 Å². The van der Waals surface area contributed by atoms with Gasteiger partial charge in [0.15, 0.2) is 0 Å². The molecule has 0 radical (unpaired) electrons. The van der Waals surface area contributed by atoms with Gasteiger partial charge in [0.1, 0.15) is 0 Å². The lowest BCUT2D eigenvalue weighted by Gasteiger charge is -2.38. The van der Waals surface area contributed by atoms with Crippen LogP contribution >= 0.6 is 0 Å². The van der Waals surface area contributed by atoms with Crippen molar-refractivity contribution in [2.75, 3.05) is 45.5 Å². The lowest BCUT2D eigenvalue weighted by atomic mass is 9.98. The highest BCUT2D eigenvalue weighted by Gasteiger charge is 2.35. The number of benzene rings is 1. The lowest BCUT2D eigenvalue weighted by Crippen LogP contribution is -2.53. The number of nitriles is 1. The highest BCUT2D eigenvalue weighted by Crippen LogP contribution is 2.23. The number of piperidine rings is 1. The molecule has 3 rings (SSSR count). The molecule has 0 spiro atoms. The van der Waals surface area contributed by atoms with E-state index in [4.69, 9.17) is 5.26 Å².